The summed E-state index contributed by atoms with van der Waals surface area (Å²) in [4.78, 5) is 103. The van der Waals surface area contributed by atoms with Crippen LogP contribution in [0.1, 0.15) is 201 Å². The Kier molecular flexibility index (Phi) is 35.1. The van der Waals surface area contributed by atoms with E-state index in [0.29, 0.717) is 73.8 Å². The number of rotatable bonds is 26. The molecule has 8 aromatic heterocycles. The first-order valence-electron chi connectivity index (χ1n) is 54.9. The van der Waals surface area contributed by atoms with Crippen LogP contribution in [-0.2, 0) is 67.1 Å². The highest BCUT2D eigenvalue weighted by atomic mass is 16.6. The van der Waals surface area contributed by atoms with Gasteiger partial charge in [0.15, 0.2) is 0 Å². The summed E-state index contributed by atoms with van der Waals surface area (Å²) in [6.45, 7) is 27.6. The Labute approximate surface area is 874 Å². The number of methoxy groups -OCH3 is 1. The number of carbonyl (C=O) groups excluding carboxylic acids is 1. The molecule has 1 amide bonds. The Hall–Kier alpha value is -12.4. The number of hydrogen-bond acceptors (Lipinski definition) is 34. The van der Waals surface area contributed by atoms with E-state index in [0.717, 1.165) is 379 Å². The zero-order valence-corrected chi connectivity index (χ0v) is 87.8. The van der Waals surface area contributed by atoms with E-state index in [1.54, 1.807) is 73.8 Å². The van der Waals surface area contributed by atoms with Gasteiger partial charge in [-0.2, -0.15) is 4.98 Å². The van der Waals surface area contributed by atoms with Crippen LogP contribution >= 0.6 is 0 Å². The molecule has 4 aliphatic carbocycles. The largest absolute Gasteiger partial charge is 0.488 e. The predicted octanol–water partition coefficient (Wildman–Crippen LogP) is 16.8. The topological polar surface area (TPSA) is 350 Å². The fourth-order valence-corrected chi connectivity index (χ4v) is 22.9. The number of fused-ring (bicyclic) bond motifs is 5. The van der Waals surface area contributed by atoms with Crippen molar-refractivity contribution in [1.82, 2.24) is 89.5 Å². The molecule has 7 aliphatic heterocycles. The number of nitrogens with zero attached hydrogens (tertiary/aromatic N) is 23. The number of aryl methyl sites for hydroxylation is 1. The maximum atomic E-state index is 12.6. The van der Waals surface area contributed by atoms with E-state index in [1.165, 1.54) is 48.1 Å². The van der Waals surface area contributed by atoms with Gasteiger partial charge in [-0.1, -0.05) is 0 Å². The third-order valence-electron chi connectivity index (χ3n) is 31.1. The first kappa shape index (κ1) is 104. The van der Waals surface area contributed by atoms with Gasteiger partial charge in [0.25, 0.3) is 0 Å². The lowest BCUT2D eigenvalue weighted by Gasteiger charge is -2.31. The van der Waals surface area contributed by atoms with Crippen molar-refractivity contribution < 1.29 is 52.2 Å². The molecule has 1 N–H and O–H groups in total. The fraction of sp³-hybridized carbons (Fsp3) is 0.570. The zero-order valence-electron chi connectivity index (χ0n) is 87.8. The highest BCUT2D eigenvalue weighted by Gasteiger charge is 2.35. The number of likely N-dealkylation sites (N-methyl/N-ethyl adjacent to an activating group) is 1. The Morgan fingerprint density at radius 1 is 0.416 bits per heavy atom. The third kappa shape index (κ3) is 28.1. The molecule has 15 heterocycles. The number of carbonyl (C=O) groups is 1. The van der Waals surface area contributed by atoms with E-state index in [9.17, 15) is 4.79 Å². The Morgan fingerprint density at radius 3 is 1.33 bits per heavy atom. The van der Waals surface area contributed by atoms with Crippen LogP contribution < -0.4 is 48.8 Å². The highest BCUT2D eigenvalue weighted by molar-refractivity contribution is 5.88. The lowest BCUT2D eigenvalue weighted by atomic mass is 9.82. The Balaban J connectivity index is 0.000000120. The van der Waals surface area contributed by atoms with Crippen molar-refractivity contribution in [2.24, 2.45) is 23.7 Å². The molecule has 4 saturated carbocycles. The van der Waals surface area contributed by atoms with Gasteiger partial charge >= 0.3 is 6.09 Å². The first-order valence-corrected chi connectivity index (χ1v) is 54.9. The minimum atomic E-state index is -0.511. The average molecular weight is 2030 g/mol. The summed E-state index contributed by atoms with van der Waals surface area (Å²) in [7, 11) is 3.84. The molecule has 35 heteroatoms. The molecule has 0 spiro atoms. The number of aromatic nitrogens is 16. The molecule has 6 saturated heterocycles. The summed E-state index contributed by atoms with van der Waals surface area (Å²) in [5.74, 6) is 10.6. The second-order valence-corrected chi connectivity index (χ2v) is 43.0. The van der Waals surface area contributed by atoms with Crippen molar-refractivity contribution in [2.45, 2.75) is 231 Å². The van der Waals surface area contributed by atoms with Gasteiger partial charge in [0.05, 0.1) is 118 Å². The molecule has 23 rings (SSSR count). The standard InChI is InChI=1S/C31H40N6O4.C29H38N6O2.C28H36N6O2.C26H34N6O3/c1-31(2,3)41-30(38)37-11-8-22-19-34-28(35-26(22)20-37)16-21-4-6-24(7-5-21)40-27-18-23(36-12-14-39-15-13-36)17-25-29(27)33-10-9-32-25;1-21-20-32-27(33-29(21)35-11-3-2-4-12-35)17-22-5-7-24(8-6-22)37-26-19-23(34-13-15-36-16-14-34)18-25-28(26)31-10-9-30-25;1-33-9-6-21(19-33)22-17-31-27(32-18-22)14-20-2-4-24(5-3-20)36-26-16-23(34-10-12-35-13-11-34)15-25-28(26)30-8-7-29-25;1-33-14-15-35-24-6-7-29-26(31-24)30-21-4-2-19(3-5-21)16-20-17-22(32-10-12-34-13-11-32)18-23-25(20)28-9-8-27-23/h9-10,17-19,21,24H,4-8,11-16,20H2,1-3H3;9-10,18-20,22,24H,2-8,11-17H2,1H3;7-8,15-18,20-21,24H,2-6,9-14,19H2,1H3;6-9,17-19,21H,2-5,10-16H2,1H3,(H,29,30,31). The van der Waals surface area contributed by atoms with Gasteiger partial charge in [-0.3, -0.25) is 24.9 Å². The number of amides is 1. The van der Waals surface area contributed by atoms with E-state index in [2.05, 4.69) is 164 Å². The Bertz CT molecular complexity index is 6350. The van der Waals surface area contributed by atoms with Gasteiger partial charge in [0, 0.05) is 250 Å². The molecule has 35 nitrogen and oxygen atoms in total. The molecular formula is C114H148N24O11. The maximum absolute atomic E-state index is 12.6. The number of anilines is 6. The van der Waals surface area contributed by atoms with Crippen LogP contribution in [0, 0.1) is 30.6 Å². The number of benzene rings is 4. The van der Waals surface area contributed by atoms with Crippen LogP contribution in [0.15, 0.2) is 135 Å². The van der Waals surface area contributed by atoms with Crippen molar-refractivity contribution in [3.63, 3.8) is 0 Å². The summed E-state index contributed by atoms with van der Waals surface area (Å²) in [6, 6.07) is 19.4. The minimum Gasteiger partial charge on any atom is -0.488 e. The van der Waals surface area contributed by atoms with Crippen LogP contribution in [0.3, 0.4) is 0 Å². The van der Waals surface area contributed by atoms with Gasteiger partial charge in [-0.15, -0.1) is 0 Å². The summed E-state index contributed by atoms with van der Waals surface area (Å²) < 4.78 is 58.2. The van der Waals surface area contributed by atoms with Gasteiger partial charge in [0.1, 0.15) is 69.3 Å². The van der Waals surface area contributed by atoms with E-state index >= 15 is 0 Å². The maximum Gasteiger partial charge on any atom is 0.410 e. The van der Waals surface area contributed by atoms with Crippen molar-refractivity contribution in [3.05, 3.63) is 181 Å². The second-order valence-electron chi connectivity index (χ2n) is 43.0. The van der Waals surface area contributed by atoms with Gasteiger partial charge in [-0.05, 0) is 253 Å². The van der Waals surface area contributed by atoms with E-state index in [4.69, 9.17) is 72.3 Å². The number of piperidine rings is 1. The monoisotopic (exact) mass is 2030 g/mol. The van der Waals surface area contributed by atoms with Gasteiger partial charge in [-0.25, -0.2) is 54.6 Å². The summed E-state index contributed by atoms with van der Waals surface area (Å²) in [5, 5.41) is 3.50. The molecule has 4 aromatic carbocycles. The number of morpholine rings is 4. The molecule has 790 valence electrons. The van der Waals surface area contributed by atoms with Crippen LogP contribution in [0.2, 0.25) is 0 Å². The van der Waals surface area contributed by atoms with Crippen LogP contribution in [0.25, 0.3) is 44.1 Å². The number of likely N-dealkylation sites (tertiary alicyclic amines) is 1. The first-order chi connectivity index (χ1) is 73.0. The molecule has 11 aliphatic rings. The van der Waals surface area contributed by atoms with Crippen molar-refractivity contribution in [1.29, 1.82) is 0 Å². The highest BCUT2D eigenvalue weighted by Crippen LogP contribution is 2.42. The SMILES string of the molecule is CC(C)(C)OC(=O)N1CCc2cnc(CC3CCC(Oc4cc(N5CCOCC5)cc5nccnc45)CC3)nc2C1.CN1CCC(c2cnc(CC3CCC(Oc4cc(N5CCOCC5)cc5nccnc45)CC3)nc2)C1.COCCOc1ccnc(NC2CCC(Cc3cc(N4CCOCC4)cc4nccnc34)CC2)n1.Cc1cnc(CC2CCC(Oc3cc(N4CCOCC4)cc4nccnc34)CC2)nc1N1CCCCC1. The molecule has 0 bridgehead atoms. The molecule has 1 atom stereocenters. The fourth-order valence-electron chi connectivity index (χ4n) is 22.9. The molecular weight excluding hydrogens is 1880 g/mol. The lowest BCUT2D eigenvalue weighted by molar-refractivity contribution is 0.0220. The normalized spacial score (nSPS) is 22.6. The summed E-state index contributed by atoms with van der Waals surface area (Å²) in [6.07, 6.45) is 51.0. The van der Waals surface area contributed by atoms with E-state index in [1.807, 2.05) is 33.2 Å². The molecule has 149 heavy (non-hydrogen) atoms. The number of nitrogens with one attached hydrogen (secondary N) is 1. The molecule has 12 aromatic rings. The van der Waals surface area contributed by atoms with E-state index < -0.39 is 5.60 Å². The van der Waals surface area contributed by atoms with Crippen LogP contribution in [0.4, 0.5) is 39.3 Å². The van der Waals surface area contributed by atoms with Crippen molar-refractivity contribution in [2.75, 3.05) is 195 Å². The van der Waals surface area contributed by atoms with Crippen molar-refractivity contribution >= 4 is 84.7 Å². The van der Waals surface area contributed by atoms with Gasteiger partial charge < -0.3 is 87.0 Å². The minimum absolute atomic E-state index is 0.142. The van der Waals surface area contributed by atoms with Gasteiger partial charge in [0.2, 0.25) is 11.8 Å². The lowest BCUT2D eigenvalue weighted by Crippen LogP contribution is -2.40. The van der Waals surface area contributed by atoms with Crippen LogP contribution in [-0.4, -0.2) is 291 Å². The molecule has 10 fully saturated rings. The smallest absolute Gasteiger partial charge is 0.410 e. The van der Waals surface area contributed by atoms with E-state index in [-0.39, 0.29) is 24.4 Å². The summed E-state index contributed by atoms with van der Waals surface area (Å²) in [5.41, 5.74) is 17.1. The number of ether oxygens (including phenoxy) is 10. The summed E-state index contributed by atoms with van der Waals surface area (Å²) >= 11 is 0. The third-order valence-corrected chi connectivity index (χ3v) is 31.1. The quantitative estimate of drug-likeness (QED) is 0.0492. The second kappa shape index (κ2) is 50.5. The predicted molar refractivity (Wildman–Crippen MR) is 575 cm³/mol. The van der Waals surface area contributed by atoms with Crippen LogP contribution in [0.5, 0.6) is 23.1 Å². The molecule has 0 radical (unpaired) electrons. The Morgan fingerprint density at radius 2 is 0.852 bits per heavy atom. The van der Waals surface area contributed by atoms with Crippen molar-refractivity contribution in [3.8, 4) is 23.1 Å². The number of hydrogen-bond donors (Lipinski definition) is 1. The zero-order chi connectivity index (χ0) is 102. The molecule has 1 unspecified atom stereocenters. The average Bonchev–Trinajstić information content (AvgIpc) is 0.814.